The largest absolute Gasteiger partial charge is 0.496 e. The highest BCUT2D eigenvalue weighted by Crippen LogP contribution is 2.22. The Kier molecular flexibility index (Phi) is 5.29. The summed E-state index contributed by atoms with van der Waals surface area (Å²) in [6, 6.07) is 3.59. The van der Waals surface area contributed by atoms with Gasteiger partial charge in [0.1, 0.15) is 5.75 Å². The van der Waals surface area contributed by atoms with E-state index in [1.54, 1.807) is 0 Å². The van der Waals surface area contributed by atoms with Crippen LogP contribution in [0.1, 0.15) is 17.3 Å². The van der Waals surface area contributed by atoms with Crippen molar-refractivity contribution in [1.82, 2.24) is 4.72 Å². The minimum absolute atomic E-state index is 0.0879. The molecule has 0 atom stereocenters. The number of ether oxygens (including phenoxy) is 1. The van der Waals surface area contributed by atoms with Gasteiger partial charge in [-0.15, -0.1) is 0 Å². The fourth-order valence-electron chi connectivity index (χ4n) is 1.54. The maximum Gasteiger partial charge on any atom is 0.252 e. The summed E-state index contributed by atoms with van der Waals surface area (Å²) in [5.41, 5.74) is 3.65. The first-order chi connectivity index (χ1) is 9.69. The zero-order valence-corrected chi connectivity index (χ0v) is 12.5. The average Bonchev–Trinajstić information content (AvgIpc) is 2.45. The van der Waals surface area contributed by atoms with Gasteiger partial charge in [0.15, 0.2) is 0 Å². The quantitative estimate of drug-likeness (QED) is 0.499. The van der Waals surface area contributed by atoms with Gasteiger partial charge in [-0.25, -0.2) is 13.1 Å². The third-order valence-electron chi connectivity index (χ3n) is 2.83. The lowest BCUT2D eigenvalue weighted by molar-refractivity contribution is 0.0997. The van der Waals surface area contributed by atoms with Gasteiger partial charge >= 0.3 is 0 Å². The number of aliphatic hydroxyl groups is 2. The molecule has 5 N–H and O–H groups in total. The molecule has 0 spiro atoms. The molecule has 0 heterocycles. The number of methoxy groups -OCH3 is 1. The first-order valence-corrected chi connectivity index (χ1v) is 7.41. The van der Waals surface area contributed by atoms with Crippen LogP contribution in [0.2, 0.25) is 0 Å². The average molecular weight is 318 g/mol. The number of carbonyl (C=O) groups excluding carboxylic acids is 1. The van der Waals surface area contributed by atoms with Gasteiger partial charge < -0.3 is 20.7 Å². The lowest BCUT2D eigenvalue weighted by Gasteiger charge is -2.25. The van der Waals surface area contributed by atoms with Crippen molar-refractivity contribution >= 4 is 15.9 Å². The van der Waals surface area contributed by atoms with Crippen molar-refractivity contribution in [3.05, 3.63) is 23.8 Å². The van der Waals surface area contributed by atoms with Crippen LogP contribution in [-0.2, 0) is 10.0 Å². The maximum absolute atomic E-state index is 12.2. The van der Waals surface area contributed by atoms with Gasteiger partial charge in [-0.05, 0) is 25.1 Å². The second-order valence-corrected chi connectivity index (χ2v) is 6.39. The van der Waals surface area contributed by atoms with Crippen LogP contribution in [0.5, 0.6) is 5.75 Å². The monoisotopic (exact) mass is 318 g/mol. The molecule has 0 aliphatic heterocycles. The van der Waals surface area contributed by atoms with Crippen molar-refractivity contribution in [2.75, 3.05) is 20.3 Å². The van der Waals surface area contributed by atoms with Crippen molar-refractivity contribution in [2.45, 2.75) is 17.4 Å². The van der Waals surface area contributed by atoms with E-state index >= 15 is 0 Å². The lowest BCUT2D eigenvalue weighted by atomic mass is 10.1. The molecular formula is C12H18N2O6S. The number of rotatable bonds is 7. The molecule has 0 aromatic heterocycles. The summed E-state index contributed by atoms with van der Waals surface area (Å²) < 4.78 is 31.5. The van der Waals surface area contributed by atoms with Gasteiger partial charge in [-0.2, -0.15) is 0 Å². The molecule has 1 rings (SSSR count). The molecule has 8 nitrogen and oxygen atoms in total. The molecule has 0 radical (unpaired) electrons. The third-order valence-corrected chi connectivity index (χ3v) is 4.46. The predicted octanol–water partition coefficient (Wildman–Crippen LogP) is -1.18. The van der Waals surface area contributed by atoms with Gasteiger partial charge in [-0.3, -0.25) is 4.79 Å². The second kappa shape index (κ2) is 6.39. The van der Waals surface area contributed by atoms with Gasteiger partial charge in [0.25, 0.3) is 5.91 Å². The number of aliphatic hydroxyl groups excluding tert-OH is 2. The number of benzene rings is 1. The Morgan fingerprint density at radius 3 is 2.38 bits per heavy atom. The van der Waals surface area contributed by atoms with Crippen LogP contribution in [-0.4, -0.2) is 50.4 Å². The van der Waals surface area contributed by atoms with Crippen molar-refractivity contribution < 1.29 is 28.2 Å². The van der Waals surface area contributed by atoms with E-state index in [9.17, 15) is 13.2 Å². The minimum atomic E-state index is -4.06. The van der Waals surface area contributed by atoms with E-state index in [2.05, 4.69) is 4.72 Å². The van der Waals surface area contributed by atoms with Crippen LogP contribution in [0.25, 0.3) is 0 Å². The minimum Gasteiger partial charge on any atom is -0.496 e. The third kappa shape index (κ3) is 3.91. The zero-order valence-electron chi connectivity index (χ0n) is 11.7. The molecular weight excluding hydrogens is 300 g/mol. The molecule has 1 aromatic rings. The van der Waals surface area contributed by atoms with Gasteiger partial charge in [0.2, 0.25) is 10.0 Å². The molecule has 1 amide bonds. The van der Waals surface area contributed by atoms with Crippen molar-refractivity contribution in [3.8, 4) is 5.75 Å². The first kappa shape index (κ1) is 17.4. The number of primary amides is 1. The molecule has 0 saturated heterocycles. The second-order valence-electron chi connectivity index (χ2n) is 4.71. The van der Waals surface area contributed by atoms with E-state index in [1.165, 1.54) is 26.2 Å². The van der Waals surface area contributed by atoms with Gasteiger partial charge in [0.05, 0.1) is 36.3 Å². The Bertz CT molecular complexity index is 625. The fourth-order valence-corrected chi connectivity index (χ4v) is 2.96. The summed E-state index contributed by atoms with van der Waals surface area (Å²) in [4.78, 5) is 11.1. The van der Waals surface area contributed by atoms with Gasteiger partial charge in [-0.1, -0.05) is 0 Å². The molecule has 0 bridgehead atoms. The molecule has 1 aromatic carbocycles. The summed E-state index contributed by atoms with van der Waals surface area (Å²) in [6.45, 7) is 0.145. The highest BCUT2D eigenvalue weighted by atomic mass is 32.2. The molecule has 0 aliphatic carbocycles. The fraction of sp³-hybridized carbons (Fsp3) is 0.417. The Labute approximate surface area is 122 Å². The van der Waals surface area contributed by atoms with Crippen LogP contribution < -0.4 is 15.2 Å². The van der Waals surface area contributed by atoms with Crippen LogP contribution in [0.4, 0.5) is 0 Å². The molecule has 21 heavy (non-hydrogen) atoms. The van der Waals surface area contributed by atoms with Crippen LogP contribution >= 0.6 is 0 Å². The van der Waals surface area contributed by atoms with E-state index < -0.39 is 34.7 Å². The Morgan fingerprint density at radius 1 is 1.38 bits per heavy atom. The van der Waals surface area contributed by atoms with Crippen molar-refractivity contribution in [2.24, 2.45) is 5.73 Å². The maximum atomic E-state index is 12.2. The summed E-state index contributed by atoms with van der Waals surface area (Å²) in [7, 11) is -2.73. The molecule has 0 unspecified atom stereocenters. The van der Waals surface area contributed by atoms with E-state index in [4.69, 9.17) is 20.7 Å². The van der Waals surface area contributed by atoms with E-state index in [0.717, 1.165) is 6.07 Å². The summed E-state index contributed by atoms with van der Waals surface area (Å²) >= 11 is 0. The zero-order chi connectivity index (χ0) is 16.3. The Hall–Kier alpha value is -1.68. The Balaban J connectivity index is 3.27. The first-order valence-electron chi connectivity index (χ1n) is 5.92. The van der Waals surface area contributed by atoms with E-state index in [1.807, 2.05) is 0 Å². The highest BCUT2D eigenvalue weighted by molar-refractivity contribution is 7.89. The predicted molar refractivity (Wildman–Crippen MR) is 74.4 cm³/mol. The number of amides is 1. The number of hydrogen-bond donors (Lipinski definition) is 4. The Morgan fingerprint density at radius 2 is 1.95 bits per heavy atom. The molecule has 118 valence electrons. The van der Waals surface area contributed by atoms with Gasteiger partial charge in [0, 0.05) is 0 Å². The number of nitrogens with two attached hydrogens (primary N) is 1. The molecule has 0 saturated carbocycles. The number of hydrogen-bond acceptors (Lipinski definition) is 6. The van der Waals surface area contributed by atoms with E-state index in [-0.39, 0.29) is 16.2 Å². The summed E-state index contributed by atoms with van der Waals surface area (Å²) in [5.74, 6) is -0.690. The lowest BCUT2D eigenvalue weighted by Crippen LogP contribution is -2.51. The standard InChI is InChI=1S/C12H18N2O6S/c1-12(6-15,7-16)14-21(18,19)8-3-4-10(20-2)9(5-8)11(13)17/h3-5,14-16H,6-7H2,1-2H3,(H2,13,17). The smallest absolute Gasteiger partial charge is 0.252 e. The summed E-state index contributed by atoms with van der Waals surface area (Å²) in [5, 5.41) is 18.3. The molecule has 0 fully saturated rings. The molecule has 9 heteroatoms. The SMILES string of the molecule is COc1ccc(S(=O)(=O)NC(C)(CO)CO)cc1C(N)=O. The van der Waals surface area contributed by atoms with Crippen LogP contribution in [0, 0.1) is 0 Å². The van der Waals surface area contributed by atoms with Crippen molar-refractivity contribution in [1.29, 1.82) is 0 Å². The number of carbonyl (C=O) groups is 1. The van der Waals surface area contributed by atoms with Crippen molar-refractivity contribution in [3.63, 3.8) is 0 Å². The number of sulfonamides is 1. The highest BCUT2D eigenvalue weighted by Gasteiger charge is 2.30. The topological polar surface area (TPSA) is 139 Å². The summed E-state index contributed by atoms with van der Waals surface area (Å²) in [6.07, 6.45) is 0. The number of nitrogens with one attached hydrogen (secondary N) is 1. The molecule has 0 aliphatic rings. The van der Waals surface area contributed by atoms with E-state index in [0.29, 0.717) is 0 Å². The normalized spacial score (nSPS) is 12.2. The van der Waals surface area contributed by atoms with Crippen LogP contribution in [0.15, 0.2) is 23.1 Å². The van der Waals surface area contributed by atoms with Crippen LogP contribution in [0.3, 0.4) is 0 Å².